The molecule has 1 aromatic rings. The van der Waals surface area contributed by atoms with Gasteiger partial charge in [0.25, 0.3) is 5.69 Å². The highest BCUT2D eigenvalue weighted by atomic mass is 32.2. The highest BCUT2D eigenvalue weighted by Crippen LogP contribution is 2.45. The summed E-state index contributed by atoms with van der Waals surface area (Å²) in [6.45, 7) is 2.10. The topological polar surface area (TPSA) is 102 Å². The van der Waals surface area contributed by atoms with E-state index in [9.17, 15) is 27.3 Å². The van der Waals surface area contributed by atoms with Crippen molar-refractivity contribution < 1.29 is 26.9 Å². The van der Waals surface area contributed by atoms with Crippen molar-refractivity contribution in [2.45, 2.75) is 16.9 Å². The minimum atomic E-state index is -4.14. The number of alkyl halides is 1. The quantitative estimate of drug-likeness (QED) is 0.625. The predicted octanol–water partition coefficient (Wildman–Crippen LogP) is 1.00. The third-order valence-corrected chi connectivity index (χ3v) is 6.92. The van der Waals surface area contributed by atoms with Crippen LogP contribution in [0.15, 0.2) is 30.6 Å². The van der Waals surface area contributed by atoms with Crippen molar-refractivity contribution in [1.82, 2.24) is 9.62 Å². The van der Waals surface area contributed by atoms with Crippen LogP contribution in [0, 0.1) is 15.9 Å². The molecule has 0 unspecified atom stereocenters. The third kappa shape index (κ3) is 2.37. The van der Waals surface area contributed by atoms with Gasteiger partial charge in [0, 0.05) is 24.7 Å². The number of rotatable bonds is 3. The van der Waals surface area contributed by atoms with E-state index in [0.29, 0.717) is 0 Å². The van der Waals surface area contributed by atoms with E-state index in [-0.39, 0.29) is 18.0 Å². The van der Waals surface area contributed by atoms with E-state index in [2.05, 4.69) is 11.9 Å². The Hall–Kier alpha value is -2.27. The Morgan fingerprint density at radius 2 is 2.24 bits per heavy atom. The SMILES string of the molecule is C=C1N[C@@]2(c3cc([N+](=O)[O-])ccc3F)CO[C@@H](CF)[C@H]2S(=O)(=O)N1C. The molecule has 3 atom stereocenters. The second-order valence-electron chi connectivity index (χ2n) is 5.90. The fourth-order valence-corrected chi connectivity index (χ4v) is 5.32. The van der Waals surface area contributed by atoms with Crippen LogP contribution in [-0.4, -0.2) is 49.3 Å². The van der Waals surface area contributed by atoms with E-state index < -0.39 is 50.0 Å². The lowest BCUT2D eigenvalue weighted by atomic mass is 9.85. The number of fused-ring (bicyclic) bond motifs is 1. The average Bonchev–Trinajstić information content (AvgIpc) is 2.93. The normalized spacial score (nSPS) is 30.7. The summed E-state index contributed by atoms with van der Waals surface area (Å²) < 4.78 is 59.6. The van der Waals surface area contributed by atoms with Crippen LogP contribution in [0.25, 0.3) is 0 Å². The molecule has 0 aliphatic carbocycles. The van der Waals surface area contributed by atoms with Gasteiger partial charge >= 0.3 is 0 Å². The van der Waals surface area contributed by atoms with Crippen LogP contribution in [0.1, 0.15) is 5.56 Å². The maximum absolute atomic E-state index is 14.5. The van der Waals surface area contributed by atoms with Crippen molar-refractivity contribution in [3.63, 3.8) is 0 Å². The van der Waals surface area contributed by atoms with Crippen molar-refractivity contribution in [1.29, 1.82) is 0 Å². The van der Waals surface area contributed by atoms with Crippen molar-refractivity contribution in [3.05, 3.63) is 52.1 Å². The maximum Gasteiger partial charge on any atom is 0.270 e. The number of hydrogen-bond acceptors (Lipinski definition) is 6. The minimum absolute atomic E-state index is 0.0646. The molecule has 0 spiro atoms. The van der Waals surface area contributed by atoms with Gasteiger partial charge in [-0.1, -0.05) is 6.58 Å². The summed E-state index contributed by atoms with van der Waals surface area (Å²) in [6, 6.07) is 2.77. The summed E-state index contributed by atoms with van der Waals surface area (Å²) in [5.74, 6) is -0.927. The zero-order valence-corrected chi connectivity index (χ0v) is 13.9. The molecule has 2 fully saturated rings. The molecule has 0 amide bonds. The highest BCUT2D eigenvalue weighted by Gasteiger charge is 2.62. The van der Waals surface area contributed by atoms with E-state index >= 15 is 0 Å². The van der Waals surface area contributed by atoms with Crippen LogP contribution < -0.4 is 5.32 Å². The average molecular weight is 375 g/mol. The molecule has 136 valence electrons. The summed E-state index contributed by atoms with van der Waals surface area (Å²) in [6.07, 6.45) is -1.34. The number of ether oxygens (including phenoxy) is 1. The van der Waals surface area contributed by atoms with Crippen molar-refractivity contribution >= 4 is 15.7 Å². The Balaban J connectivity index is 2.27. The van der Waals surface area contributed by atoms with Crippen LogP contribution in [0.4, 0.5) is 14.5 Å². The molecule has 0 bridgehead atoms. The molecule has 25 heavy (non-hydrogen) atoms. The van der Waals surface area contributed by atoms with E-state index in [1.165, 1.54) is 7.05 Å². The number of halogens is 2. The van der Waals surface area contributed by atoms with E-state index in [1.54, 1.807) is 0 Å². The molecule has 1 N–H and O–H groups in total. The number of nitro groups is 1. The fourth-order valence-electron chi connectivity index (χ4n) is 3.33. The van der Waals surface area contributed by atoms with Crippen LogP contribution in [-0.2, 0) is 20.3 Å². The summed E-state index contributed by atoms with van der Waals surface area (Å²) in [5, 5.41) is 12.3. The summed E-state index contributed by atoms with van der Waals surface area (Å²) in [4.78, 5) is 10.3. The first-order valence-electron chi connectivity index (χ1n) is 7.22. The van der Waals surface area contributed by atoms with Crippen molar-refractivity contribution in [3.8, 4) is 0 Å². The molecule has 3 rings (SSSR count). The van der Waals surface area contributed by atoms with Crippen LogP contribution in [0.3, 0.4) is 0 Å². The third-order valence-electron chi connectivity index (χ3n) is 4.59. The molecule has 2 aliphatic heterocycles. The van der Waals surface area contributed by atoms with Gasteiger partial charge in [-0.3, -0.25) is 14.4 Å². The van der Waals surface area contributed by atoms with Gasteiger partial charge in [-0.15, -0.1) is 0 Å². The molecule has 11 heteroatoms. The number of nitrogens with one attached hydrogen (secondary N) is 1. The molecule has 2 saturated heterocycles. The monoisotopic (exact) mass is 375 g/mol. The number of nitro benzene ring substituents is 1. The first-order chi connectivity index (χ1) is 11.6. The number of sulfonamides is 1. The zero-order valence-electron chi connectivity index (χ0n) is 13.1. The smallest absolute Gasteiger partial charge is 0.270 e. The molecule has 0 saturated carbocycles. The van der Waals surface area contributed by atoms with E-state index in [0.717, 1.165) is 22.5 Å². The minimum Gasteiger partial charge on any atom is -0.371 e. The Labute approximate surface area is 142 Å². The Bertz CT molecular complexity index is 862. The summed E-state index contributed by atoms with van der Waals surface area (Å²) >= 11 is 0. The first-order valence-corrected chi connectivity index (χ1v) is 8.72. The molecular weight excluding hydrogens is 360 g/mol. The first kappa shape index (κ1) is 17.5. The second-order valence-corrected chi connectivity index (χ2v) is 7.99. The molecule has 0 radical (unpaired) electrons. The van der Waals surface area contributed by atoms with Crippen LogP contribution in [0.5, 0.6) is 0 Å². The predicted molar refractivity (Wildman–Crippen MR) is 83.2 cm³/mol. The van der Waals surface area contributed by atoms with Gasteiger partial charge in [0.15, 0.2) is 0 Å². The van der Waals surface area contributed by atoms with Gasteiger partial charge in [-0.05, 0) is 6.07 Å². The number of non-ortho nitro benzene ring substituents is 1. The second kappa shape index (κ2) is 5.63. The van der Waals surface area contributed by atoms with E-state index in [1.807, 2.05) is 0 Å². The van der Waals surface area contributed by atoms with Gasteiger partial charge in [0.1, 0.15) is 35.2 Å². The zero-order chi connectivity index (χ0) is 18.6. The van der Waals surface area contributed by atoms with Gasteiger partial charge < -0.3 is 10.1 Å². The van der Waals surface area contributed by atoms with Gasteiger partial charge in [0.2, 0.25) is 10.0 Å². The molecule has 1 aromatic carbocycles. The standard InChI is InChI=1S/C14H15F2N3O5S/c1-8-17-14(10-5-9(19(20)21)3-4-11(10)16)7-24-12(6-15)13(14)25(22,23)18(8)2/h3-5,12-13,17H,1,6-7H2,2H3/t12-,13+,14+/m0/s1. The van der Waals surface area contributed by atoms with E-state index in [4.69, 9.17) is 4.74 Å². The molecule has 2 heterocycles. The molecular formula is C14H15F2N3O5S. The van der Waals surface area contributed by atoms with Gasteiger partial charge in [-0.2, -0.15) is 0 Å². The summed E-state index contributed by atoms with van der Waals surface area (Å²) in [5.41, 5.74) is -2.41. The molecule has 8 nitrogen and oxygen atoms in total. The van der Waals surface area contributed by atoms with Crippen LogP contribution >= 0.6 is 0 Å². The lowest BCUT2D eigenvalue weighted by Crippen LogP contribution is -2.64. The fraction of sp³-hybridized carbons (Fsp3) is 0.429. The Morgan fingerprint density at radius 3 is 2.84 bits per heavy atom. The summed E-state index contributed by atoms with van der Waals surface area (Å²) in [7, 11) is -2.91. The number of benzene rings is 1. The van der Waals surface area contributed by atoms with Gasteiger partial charge in [-0.25, -0.2) is 17.2 Å². The highest BCUT2D eigenvalue weighted by molar-refractivity contribution is 7.90. The molecule has 2 aliphatic rings. The van der Waals surface area contributed by atoms with Crippen LogP contribution in [0.2, 0.25) is 0 Å². The lowest BCUT2D eigenvalue weighted by Gasteiger charge is -2.45. The maximum atomic E-state index is 14.5. The number of hydrogen-bond donors (Lipinski definition) is 1. The van der Waals surface area contributed by atoms with Gasteiger partial charge in [0.05, 0.1) is 11.5 Å². The molecule has 0 aromatic heterocycles. The number of nitrogens with zero attached hydrogens (tertiary/aromatic N) is 2. The Morgan fingerprint density at radius 1 is 1.56 bits per heavy atom. The van der Waals surface area contributed by atoms with Crippen molar-refractivity contribution in [2.75, 3.05) is 20.3 Å². The largest absolute Gasteiger partial charge is 0.371 e. The lowest BCUT2D eigenvalue weighted by molar-refractivity contribution is -0.385. The van der Waals surface area contributed by atoms with Crippen molar-refractivity contribution in [2.24, 2.45) is 0 Å². The Kier molecular flexibility index (Phi) is 3.95.